The molecule has 0 radical (unpaired) electrons. The minimum Gasteiger partial charge on any atom is -0.469 e. The molecule has 0 amide bonds. The van der Waals surface area contributed by atoms with E-state index in [9.17, 15) is 23.9 Å². The van der Waals surface area contributed by atoms with E-state index >= 15 is 0 Å². The molecule has 0 unspecified atom stereocenters. The molecule has 2 aromatic rings. The molecule has 0 aliphatic carbocycles. The Hall–Kier alpha value is -2.07. The average molecular weight is 443 g/mol. The molecule has 0 bridgehead atoms. The first-order valence-electron chi connectivity index (χ1n) is 9.98. The van der Waals surface area contributed by atoms with Gasteiger partial charge in [-0.05, 0) is 19.9 Å². The Morgan fingerprint density at radius 3 is 2.60 bits per heavy atom. The molecular weight excluding hydrogens is 413 g/mol. The van der Waals surface area contributed by atoms with Gasteiger partial charge in [0.2, 0.25) is 0 Å². The van der Waals surface area contributed by atoms with Crippen LogP contribution in [0.2, 0.25) is 0 Å². The summed E-state index contributed by atoms with van der Waals surface area (Å²) < 4.78 is 19.3. The van der Waals surface area contributed by atoms with Crippen LogP contribution in [0.15, 0.2) is 11.1 Å². The molecule has 0 aliphatic heterocycles. The first-order chi connectivity index (χ1) is 14.2. The van der Waals surface area contributed by atoms with E-state index in [1.807, 2.05) is 18.7 Å². The molecule has 12 heteroatoms. The number of hydrogen-bond acceptors (Lipinski definition) is 7. The number of carbonyl (C=O) groups is 1. The highest BCUT2D eigenvalue weighted by Crippen LogP contribution is 2.33. The largest absolute Gasteiger partial charge is 0.469 e. The highest BCUT2D eigenvalue weighted by Gasteiger charge is 2.18. The van der Waals surface area contributed by atoms with Crippen LogP contribution in [0.4, 0.5) is 0 Å². The topological polar surface area (TPSA) is 140 Å². The number of rotatable bonds is 12. The molecule has 0 atom stereocenters. The minimum atomic E-state index is -4.13. The molecule has 2 aromatic heterocycles. The second kappa shape index (κ2) is 10.8. The zero-order chi connectivity index (χ0) is 22.3. The molecule has 0 saturated heterocycles. The predicted molar refractivity (Wildman–Crippen MR) is 111 cm³/mol. The predicted octanol–water partition coefficient (Wildman–Crippen LogP) is 0.608. The number of nitrogens with zero attached hydrogens (tertiary/aromatic N) is 5. The van der Waals surface area contributed by atoms with Crippen molar-refractivity contribution >= 4 is 24.7 Å². The summed E-state index contributed by atoms with van der Waals surface area (Å²) in [5, 5.41) is 0. The molecule has 2 heterocycles. The first kappa shape index (κ1) is 24.2. The Morgan fingerprint density at radius 2 is 2.00 bits per heavy atom. The third kappa shape index (κ3) is 6.46. The lowest BCUT2D eigenvalue weighted by Crippen LogP contribution is -2.32. The van der Waals surface area contributed by atoms with Gasteiger partial charge in [0.15, 0.2) is 11.2 Å². The van der Waals surface area contributed by atoms with Crippen LogP contribution >= 0.6 is 7.60 Å². The van der Waals surface area contributed by atoms with Crippen molar-refractivity contribution in [2.24, 2.45) is 0 Å². The summed E-state index contributed by atoms with van der Waals surface area (Å²) in [6.07, 6.45) is 2.66. The second-order valence-corrected chi connectivity index (χ2v) is 8.73. The number of ether oxygens (including phenoxy) is 1. The summed E-state index contributed by atoms with van der Waals surface area (Å²) >= 11 is 0. The van der Waals surface area contributed by atoms with Gasteiger partial charge in [-0.25, -0.2) is 9.97 Å². The van der Waals surface area contributed by atoms with E-state index in [1.54, 1.807) is 15.5 Å². The van der Waals surface area contributed by atoms with Crippen LogP contribution in [0.1, 0.15) is 32.5 Å². The monoisotopic (exact) mass is 443 g/mol. The maximum Gasteiger partial charge on any atom is 0.326 e. The lowest BCUT2D eigenvalue weighted by atomic mass is 10.3. The number of fused-ring (bicyclic) bond motifs is 1. The van der Waals surface area contributed by atoms with Gasteiger partial charge in [0.05, 0.1) is 19.6 Å². The fraction of sp³-hybridized carbons (Fsp3) is 0.667. The van der Waals surface area contributed by atoms with Crippen LogP contribution in [0.25, 0.3) is 11.2 Å². The molecule has 11 nitrogen and oxygen atoms in total. The Kier molecular flexibility index (Phi) is 8.72. The SMILES string of the molecule is CCc1nc2c(ncn2CCN(CCCC(=O)OC)CCP(=O)(O)O)c(=O)n1CC. The molecule has 30 heavy (non-hydrogen) atoms. The summed E-state index contributed by atoms with van der Waals surface area (Å²) in [4.78, 5) is 53.1. The lowest BCUT2D eigenvalue weighted by Gasteiger charge is -2.22. The average Bonchev–Trinajstić information content (AvgIpc) is 3.11. The Balaban J connectivity index is 2.15. The van der Waals surface area contributed by atoms with Gasteiger partial charge in [-0.15, -0.1) is 0 Å². The number of aryl methyl sites for hydroxylation is 1. The summed E-state index contributed by atoms with van der Waals surface area (Å²) in [5.41, 5.74) is 0.641. The molecule has 0 fully saturated rings. The van der Waals surface area contributed by atoms with E-state index in [2.05, 4.69) is 14.7 Å². The van der Waals surface area contributed by atoms with Gasteiger partial charge in [-0.1, -0.05) is 6.92 Å². The molecule has 0 spiro atoms. The summed E-state index contributed by atoms with van der Waals surface area (Å²) in [5.74, 6) is 0.363. The number of esters is 1. The minimum absolute atomic E-state index is 0.172. The molecule has 0 aromatic carbocycles. The van der Waals surface area contributed by atoms with Crippen LogP contribution in [0.5, 0.6) is 0 Å². The van der Waals surface area contributed by atoms with Crippen LogP contribution in [-0.4, -0.2) is 72.7 Å². The standard InChI is InChI=1S/C18H30N5O6P/c1-4-14-20-17-16(18(25)23(14)5-2)19-13-22(17)10-9-21(11-12-30(26,27)28)8-6-7-15(24)29-3/h13H,4-12H2,1-3H3,(H2,26,27,28). The van der Waals surface area contributed by atoms with Crippen LogP contribution in [0.3, 0.4) is 0 Å². The second-order valence-electron chi connectivity index (χ2n) is 6.95. The fourth-order valence-electron chi connectivity index (χ4n) is 3.24. The Bertz CT molecular complexity index is 966. The number of aromatic nitrogens is 4. The Labute approximate surface area is 174 Å². The summed E-state index contributed by atoms with van der Waals surface area (Å²) in [7, 11) is -2.81. The van der Waals surface area contributed by atoms with Crippen molar-refractivity contribution in [3.63, 3.8) is 0 Å². The van der Waals surface area contributed by atoms with Crippen molar-refractivity contribution in [3.05, 3.63) is 22.5 Å². The summed E-state index contributed by atoms with van der Waals surface area (Å²) in [6.45, 7) is 5.93. The fourth-order valence-corrected chi connectivity index (χ4v) is 3.78. The van der Waals surface area contributed by atoms with Crippen molar-refractivity contribution in [1.29, 1.82) is 0 Å². The van der Waals surface area contributed by atoms with Crippen molar-refractivity contribution in [2.75, 3.05) is 32.9 Å². The lowest BCUT2D eigenvalue weighted by molar-refractivity contribution is -0.140. The van der Waals surface area contributed by atoms with Gasteiger partial charge in [0, 0.05) is 39.0 Å². The molecular formula is C18H30N5O6P. The quantitative estimate of drug-likeness (QED) is 0.357. The van der Waals surface area contributed by atoms with Crippen molar-refractivity contribution in [3.8, 4) is 0 Å². The molecule has 0 aliphatic rings. The third-order valence-corrected chi connectivity index (χ3v) is 5.67. The zero-order valence-corrected chi connectivity index (χ0v) is 18.5. The van der Waals surface area contributed by atoms with E-state index in [4.69, 9.17) is 0 Å². The van der Waals surface area contributed by atoms with Crippen molar-refractivity contribution < 1.29 is 23.9 Å². The number of carbonyl (C=O) groups excluding carboxylic acids is 1. The van der Waals surface area contributed by atoms with E-state index in [0.29, 0.717) is 56.0 Å². The molecule has 2 rings (SSSR count). The number of methoxy groups -OCH3 is 1. The molecule has 2 N–H and O–H groups in total. The van der Waals surface area contributed by atoms with Gasteiger partial charge >= 0.3 is 13.6 Å². The number of hydrogen-bond donors (Lipinski definition) is 2. The van der Waals surface area contributed by atoms with Gasteiger partial charge < -0.3 is 24.0 Å². The van der Waals surface area contributed by atoms with Gasteiger partial charge in [-0.2, -0.15) is 0 Å². The first-order valence-corrected chi connectivity index (χ1v) is 11.8. The normalized spacial score (nSPS) is 12.1. The summed E-state index contributed by atoms with van der Waals surface area (Å²) in [6, 6.07) is 0. The van der Waals surface area contributed by atoms with E-state index in [1.165, 1.54) is 7.11 Å². The van der Waals surface area contributed by atoms with E-state index in [0.717, 1.165) is 0 Å². The smallest absolute Gasteiger partial charge is 0.326 e. The Morgan fingerprint density at radius 1 is 1.27 bits per heavy atom. The third-order valence-electron chi connectivity index (χ3n) is 4.88. The van der Waals surface area contributed by atoms with E-state index < -0.39 is 7.60 Å². The molecule has 0 saturated carbocycles. The van der Waals surface area contributed by atoms with E-state index in [-0.39, 0.29) is 30.7 Å². The highest BCUT2D eigenvalue weighted by atomic mass is 31.2. The van der Waals surface area contributed by atoms with Crippen LogP contribution < -0.4 is 5.56 Å². The maximum atomic E-state index is 12.6. The highest BCUT2D eigenvalue weighted by molar-refractivity contribution is 7.51. The van der Waals surface area contributed by atoms with Gasteiger partial charge in [0.1, 0.15) is 5.82 Å². The molecule has 168 valence electrons. The van der Waals surface area contributed by atoms with Crippen LogP contribution in [-0.2, 0) is 33.6 Å². The van der Waals surface area contributed by atoms with Gasteiger partial charge in [-0.3, -0.25) is 18.7 Å². The van der Waals surface area contributed by atoms with Crippen LogP contribution in [0, 0.1) is 0 Å². The van der Waals surface area contributed by atoms with Gasteiger partial charge in [0.25, 0.3) is 5.56 Å². The van der Waals surface area contributed by atoms with Crippen molar-refractivity contribution in [1.82, 2.24) is 24.0 Å². The van der Waals surface area contributed by atoms with Crippen molar-refractivity contribution in [2.45, 2.75) is 46.2 Å². The zero-order valence-electron chi connectivity index (χ0n) is 17.7. The maximum absolute atomic E-state index is 12.6. The number of imidazole rings is 1.